The van der Waals surface area contributed by atoms with E-state index in [-0.39, 0.29) is 0 Å². The molecule has 0 spiro atoms. The van der Waals surface area contributed by atoms with Crippen molar-refractivity contribution in [3.05, 3.63) is 60.2 Å². The summed E-state index contributed by atoms with van der Waals surface area (Å²) in [5.41, 5.74) is 2.15. The summed E-state index contributed by atoms with van der Waals surface area (Å²) in [5, 5.41) is 0. The maximum Gasteiger partial charge on any atom is 0.114 e. The molecular weight excluding hydrogens is 266 g/mol. The molecule has 0 amide bonds. The number of para-hydroxylation sites is 1. The van der Waals surface area contributed by atoms with Crippen molar-refractivity contribution in [2.45, 2.75) is 24.5 Å². The number of hydrogen-bond acceptors (Lipinski definition) is 2. The Morgan fingerprint density at radius 3 is 2.37 bits per heavy atom. The van der Waals surface area contributed by atoms with E-state index in [1.54, 1.807) is 0 Å². The van der Waals surface area contributed by atoms with Crippen molar-refractivity contribution in [2.24, 2.45) is 4.99 Å². The Balaban J connectivity index is 2.13. The number of hydrogen-bond donors (Lipinski definition) is 0. The highest BCUT2D eigenvalue weighted by molar-refractivity contribution is 8.28. The number of nitrogens with zero attached hydrogens (tertiary/aromatic N) is 1. The van der Waals surface area contributed by atoms with E-state index < -0.39 is 7.22 Å². The predicted molar refractivity (Wildman–Crippen MR) is 89.3 cm³/mol. The highest BCUT2D eigenvalue weighted by atomic mass is 32.4. The van der Waals surface area contributed by atoms with Crippen LogP contribution in [0.15, 0.2) is 64.5 Å². The molecule has 0 aromatic heterocycles. The summed E-state index contributed by atoms with van der Waals surface area (Å²) in [7, 11) is -1.14. The van der Waals surface area contributed by atoms with Crippen LogP contribution in [-0.2, 0) is 0 Å². The molecule has 2 rings (SSSR count). The van der Waals surface area contributed by atoms with Gasteiger partial charge in [0.05, 0.1) is 5.69 Å². The molecule has 0 atom stereocenters. The van der Waals surface area contributed by atoms with E-state index in [9.17, 15) is 0 Å². The number of aliphatic imine (C=N–C) groups is 1. The molecule has 0 aliphatic carbocycles. The van der Waals surface area contributed by atoms with Crippen molar-refractivity contribution in [3.8, 4) is 0 Å². The normalized spacial score (nSPS) is 11.9. The number of benzene rings is 2. The topological polar surface area (TPSA) is 12.4 Å². The molecule has 0 bridgehead atoms. The van der Waals surface area contributed by atoms with Gasteiger partial charge >= 0.3 is 0 Å². The fourth-order valence-corrected chi connectivity index (χ4v) is 5.23. The van der Waals surface area contributed by atoms with Gasteiger partial charge in [-0.05, 0) is 29.8 Å². The first-order chi connectivity index (χ1) is 9.03. The van der Waals surface area contributed by atoms with Gasteiger partial charge in [0.25, 0.3) is 0 Å². The molecule has 0 unspecified atom stereocenters. The van der Waals surface area contributed by atoms with E-state index in [0.29, 0.717) is 0 Å². The van der Waals surface area contributed by atoms with Gasteiger partial charge in [-0.3, -0.25) is 4.99 Å². The van der Waals surface area contributed by atoms with Gasteiger partial charge in [-0.1, -0.05) is 50.0 Å². The van der Waals surface area contributed by atoms with Crippen LogP contribution < -0.4 is 0 Å². The third-order valence-electron chi connectivity index (χ3n) is 2.40. The zero-order valence-corrected chi connectivity index (χ0v) is 13.4. The molecule has 0 N–H and O–H groups in total. The summed E-state index contributed by atoms with van der Waals surface area (Å²) in [6, 6.07) is 18.6. The lowest BCUT2D eigenvalue weighted by molar-refractivity contribution is 1.45. The maximum atomic E-state index is 4.49. The Hall–Kier alpha value is -1.32. The molecule has 0 heterocycles. The van der Waals surface area contributed by atoms with Gasteiger partial charge in [-0.2, -0.15) is 11.2 Å². The van der Waals surface area contributed by atoms with Gasteiger partial charge in [0.15, 0.2) is 0 Å². The first-order valence-corrected chi connectivity index (χ1v) is 11.5. The first kappa shape index (κ1) is 14.1. The fraction of sp³-hybridized carbons (Fsp3) is 0.188. The van der Waals surface area contributed by atoms with E-state index in [2.05, 4.69) is 48.9 Å². The molecule has 0 saturated carbocycles. The molecule has 1 nitrogen and oxygen atoms in total. The third kappa shape index (κ3) is 5.05. The Morgan fingerprint density at radius 1 is 0.947 bits per heavy atom. The van der Waals surface area contributed by atoms with Crippen LogP contribution in [-0.4, -0.2) is 13.4 Å². The largest absolute Gasteiger partial charge is 0.256 e. The second kappa shape index (κ2) is 6.22. The van der Waals surface area contributed by atoms with Gasteiger partial charge < -0.3 is 0 Å². The highest BCUT2D eigenvalue weighted by Gasteiger charge is 2.14. The lowest BCUT2D eigenvalue weighted by Gasteiger charge is -2.15. The molecule has 98 valence electrons. The molecule has 2 aromatic carbocycles. The minimum atomic E-state index is -1.14. The Kier molecular flexibility index (Phi) is 4.61. The second-order valence-electron chi connectivity index (χ2n) is 5.38. The van der Waals surface area contributed by atoms with Crippen molar-refractivity contribution in [3.63, 3.8) is 0 Å². The molecule has 0 radical (unpaired) electrons. The summed E-state index contributed by atoms with van der Waals surface area (Å²) in [6.45, 7) is 7.09. The van der Waals surface area contributed by atoms with E-state index in [1.807, 2.05) is 47.8 Å². The van der Waals surface area contributed by atoms with E-state index in [1.165, 1.54) is 4.90 Å². The quantitative estimate of drug-likeness (QED) is 0.544. The summed E-state index contributed by atoms with van der Waals surface area (Å²) in [5.74, 6) is 0. The predicted octanol–water partition coefficient (Wildman–Crippen LogP) is 5.36. The minimum Gasteiger partial charge on any atom is -0.256 e. The Bertz CT molecular complexity index is 558. The van der Waals surface area contributed by atoms with Crippen LogP contribution in [0.2, 0.25) is 19.6 Å². The second-order valence-corrected chi connectivity index (χ2v) is 14.6. The van der Waals surface area contributed by atoms with Crippen LogP contribution in [0.25, 0.3) is 0 Å². The van der Waals surface area contributed by atoms with E-state index in [0.717, 1.165) is 11.3 Å². The van der Waals surface area contributed by atoms with Crippen molar-refractivity contribution in [2.75, 3.05) is 0 Å². The van der Waals surface area contributed by atoms with Crippen LogP contribution in [0.4, 0.5) is 5.69 Å². The first-order valence-electron chi connectivity index (χ1n) is 6.41. The molecule has 0 fully saturated rings. The van der Waals surface area contributed by atoms with Gasteiger partial charge in [-0.25, -0.2) is 0 Å². The smallest absolute Gasteiger partial charge is 0.114 e. The fourth-order valence-electron chi connectivity index (χ4n) is 1.68. The maximum absolute atomic E-state index is 4.49. The van der Waals surface area contributed by atoms with Gasteiger partial charge in [0.2, 0.25) is 0 Å². The zero-order chi connectivity index (χ0) is 13.7. The number of rotatable bonds is 4. The minimum absolute atomic E-state index is 0.991. The molecule has 19 heavy (non-hydrogen) atoms. The summed E-state index contributed by atoms with van der Waals surface area (Å²) >= 11 is 2.01. The molecule has 2 aromatic rings. The van der Waals surface area contributed by atoms with Gasteiger partial charge in [-0.15, -0.1) is 0 Å². The average Bonchev–Trinajstić information content (AvgIpc) is 2.36. The van der Waals surface area contributed by atoms with Crippen LogP contribution in [0.1, 0.15) is 5.56 Å². The van der Waals surface area contributed by atoms with Crippen molar-refractivity contribution in [1.29, 1.82) is 0 Å². The van der Waals surface area contributed by atoms with Gasteiger partial charge in [0.1, 0.15) is 7.22 Å². The summed E-state index contributed by atoms with van der Waals surface area (Å²) in [6.07, 6.45) is 1.93. The lowest BCUT2D eigenvalue weighted by Crippen LogP contribution is -2.13. The van der Waals surface area contributed by atoms with Crippen molar-refractivity contribution < 1.29 is 0 Å². The SMILES string of the molecule is C[Si](C)(C)Sc1cccc(C=Nc2ccccc2)c1. The standard InChI is InChI=1S/C16H19NSSi/c1-19(2,3)18-16-11-7-8-14(12-16)13-17-15-9-5-4-6-10-15/h4-13H,1-3H3. The van der Waals surface area contributed by atoms with Gasteiger partial charge in [0, 0.05) is 11.1 Å². The molecule has 0 aliphatic heterocycles. The van der Waals surface area contributed by atoms with Crippen molar-refractivity contribution >= 4 is 30.3 Å². The highest BCUT2D eigenvalue weighted by Crippen LogP contribution is 2.29. The molecule has 3 heteroatoms. The summed E-state index contributed by atoms with van der Waals surface area (Å²) in [4.78, 5) is 5.83. The Labute approximate surface area is 120 Å². The third-order valence-corrected chi connectivity index (χ3v) is 6.05. The van der Waals surface area contributed by atoms with Crippen molar-refractivity contribution in [1.82, 2.24) is 0 Å². The van der Waals surface area contributed by atoms with E-state index >= 15 is 0 Å². The van der Waals surface area contributed by atoms with Crippen LogP contribution in [0, 0.1) is 0 Å². The zero-order valence-electron chi connectivity index (χ0n) is 11.6. The van der Waals surface area contributed by atoms with Crippen LogP contribution in [0.5, 0.6) is 0 Å². The lowest BCUT2D eigenvalue weighted by atomic mass is 10.2. The molecular formula is C16H19NSSi. The average molecular weight is 285 g/mol. The summed E-state index contributed by atoms with van der Waals surface area (Å²) < 4.78 is 0. The molecule has 0 saturated heterocycles. The molecule has 0 aliphatic rings. The van der Waals surface area contributed by atoms with Crippen LogP contribution >= 0.6 is 11.2 Å². The monoisotopic (exact) mass is 285 g/mol. The Morgan fingerprint density at radius 2 is 1.68 bits per heavy atom. The van der Waals surface area contributed by atoms with E-state index in [4.69, 9.17) is 0 Å². The van der Waals surface area contributed by atoms with Crippen LogP contribution in [0.3, 0.4) is 0 Å².